The molecule has 2 aliphatic rings. The Labute approximate surface area is 193 Å². The van der Waals surface area contributed by atoms with Crippen LogP contribution in [0.15, 0.2) is 30.3 Å². The molecule has 5 atom stereocenters. The van der Waals surface area contributed by atoms with Crippen LogP contribution in [0.25, 0.3) is 0 Å². The van der Waals surface area contributed by atoms with Gasteiger partial charge >= 0.3 is 6.09 Å². The van der Waals surface area contributed by atoms with Crippen LogP contribution < -0.4 is 5.32 Å². The van der Waals surface area contributed by atoms with Gasteiger partial charge in [-0.1, -0.05) is 50.6 Å². The summed E-state index contributed by atoms with van der Waals surface area (Å²) in [5.74, 6) is 1.10. The minimum Gasteiger partial charge on any atom is -0.444 e. The first-order valence-corrected chi connectivity index (χ1v) is 12.1. The predicted molar refractivity (Wildman–Crippen MR) is 127 cm³/mol. The average molecular weight is 444 g/mol. The summed E-state index contributed by atoms with van der Waals surface area (Å²) >= 11 is 0. The predicted octanol–water partition coefficient (Wildman–Crippen LogP) is 4.29. The number of hydrogen-bond donors (Lipinski definition) is 1. The smallest absolute Gasteiger partial charge is 0.410 e. The van der Waals surface area contributed by atoms with Crippen LogP contribution in [0.4, 0.5) is 4.79 Å². The van der Waals surface area contributed by atoms with Gasteiger partial charge in [-0.05, 0) is 56.9 Å². The van der Waals surface area contributed by atoms with E-state index >= 15 is 0 Å². The van der Waals surface area contributed by atoms with Crippen molar-refractivity contribution in [1.29, 1.82) is 0 Å². The molecular formula is C26H41N3O3. The number of ether oxygens (including phenoxy) is 1. The van der Waals surface area contributed by atoms with Gasteiger partial charge in [0.2, 0.25) is 5.91 Å². The first-order valence-electron chi connectivity index (χ1n) is 12.1. The van der Waals surface area contributed by atoms with E-state index in [4.69, 9.17) is 4.74 Å². The number of likely N-dealkylation sites (N-methyl/N-ethyl adjacent to an activating group) is 1. The molecule has 1 aliphatic carbocycles. The highest BCUT2D eigenvalue weighted by atomic mass is 16.6. The molecule has 6 heteroatoms. The van der Waals surface area contributed by atoms with E-state index in [0.29, 0.717) is 11.8 Å². The zero-order valence-corrected chi connectivity index (χ0v) is 20.6. The second-order valence-electron chi connectivity index (χ2n) is 10.7. The number of hydrogen-bond acceptors (Lipinski definition) is 4. The zero-order chi connectivity index (χ0) is 23.5. The third-order valence-corrected chi connectivity index (χ3v) is 7.06. The first-order chi connectivity index (χ1) is 15.1. The number of carbonyl (C=O) groups excluding carboxylic acids is 2. The number of carbonyl (C=O) groups is 2. The van der Waals surface area contributed by atoms with Crippen LogP contribution in [-0.4, -0.2) is 59.6 Å². The average Bonchev–Trinajstić information content (AvgIpc) is 3.28. The van der Waals surface area contributed by atoms with Crippen molar-refractivity contribution in [3.05, 3.63) is 35.9 Å². The van der Waals surface area contributed by atoms with Gasteiger partial charge < -0.3 is 10.1 Å². The second-order valence-corrected chi connectivity index (χ2v) is 10.7. The summed E-state index contributed by atoms with van der Waals surface area (Å²) in [5.41, 5.74) is 0.746. The summed E-state index contributed by atoms with van der Waals surface area (Å²) in [4.78, 5) is 30.1. The molecule has 32 heavy (non-hydrogen) atoms. The molecule has 1 aliphatic heterocycles. The van der Waals surface area contributed by atoms with Crippen LogP contribution in [0.2, 0.25) is 0 Å². The first kappa shape index (κ1) is 24.6. The molecule has 0 unspecified atom stereocenters. The fraction of sp³-hybridized carbons (Fsp3) is 0.692. The van der Waals surface area contributed by atoms with Crippen molar-refractivity contribution in [3.63, 3.8) is 0 Å². The Kier molecular flexibility index (Phi) is 7.86. The molecule has 0 bridgehead atoms. The quantitative estimate of drug-likeness (QED) is 0.683. The fourth-order valence-corrected chi connectivity index (χ4v) is 5.26. The van der Waals surface area contributed by atoms with Gasteiger partial charge in [-0.3, -0.25) is 14.6 Å². The molecule has 1 saturated carbocycles. The number of likely N-dealkylation sites (tertiary alicyclic amines) is 1. The van der Waals surface area contributed by atoms with Crippen molar-refractivity contribution >= 4 is 12.0 Å². The maximum absolute atomic E-state index is 13.4. The minimum absolute atomic E-state index is 0.0443. The molecule has 1 aromatic rings. The topological polar surface area (TPSA) is 61.9 Å². The molecule has 1 aromatic carbocycles. The largest absolute Gasteiger partial charge is 0.444 e. The summed E-state index contributed by atoms with van der Waals surface area (Å²) in [7, 11) is 1.68. The summed E-state index contributed by atoms with van der Waals surface area (Å²) in [6.45, 7) is 12.7. The van der Waals surface area contributed by atoms with Crippen molar-refractivity contribution in [3.8, 4) is 0 Å². The molecule has 0 spiro atoms. The molecule has 178 valence electrons. The normalized spacial score (nSPS) is 25.1. The highest BCUT2D eigenvalue weighted by Crippen LogP contribution is 2.39. The molecule has 6 nitrogen and oxygen atoms in total. The summed E-state index contributed by atoms with van der Waals surface area (Å²) in [5, 5.41) is 3.33. The van der Waals surface area contributed by atoms with E-state index in [1.165, 1.54) is 10.5 Å². The Morgan fingerprint density at radius 2 is 1.88 bits per heavy atom. The maximum atomic E-state index is 13.4. The van der Waals surface area contributed by atoms with Crippen molar-refractivity contribution in [1.82, 2.24) is 15.1 Å². The number of rotatable bonds is 7. The second kappa shape index (κ2) is 10.2. The van der Waals surface area contributed by atoms with E-state index in [0.717, 1.165) is 38.9 Å². The van der Waals surface area contributed by atoms with Gasteiger partial charge in [0.15, 0.2) is 0 Å². The third kappa shape index (κ3) is 6.03. The maximum Gasteiger partial charge on any atom is 0.410 e. The number of benzene rings is 1. The Morgan fingerprint density at radius 1 is 1.19 bits per heavy atom. The van der Waals surface area contributed by atoms with Crippen LogP contribution in [0.3, 0.4) is 0 Å². The van der Waals surface area contributed by atoms with Gasteiger partial charge in [0.05, 0.1) is 0 Å². The van der Waals surface area contributed by atoms with E-state index < -0.39 is 17.7 Å². The van der Waals surface area contributed by atoms with Crippen molar-refractivity contribution < 1.29 is 14.3 Å². The zero-order valence-electron chi connectivity index (χ0n) is 20.6. The standard InChI is InChI=1S/C26H41N3O3/c1-7-18(2)23(28(6)25(31)32-26(3,4)5)24(30)27-22-14-13-20-16-29(17-21(20)22)15-19-11-9-8-10-12-19/h8-12,18,20-23H,7,13-17H2,1-6H3,(H,27,30)/t18-,20-,21+,22+,23-/m0/s1. The Hall–Kier alpha value is -2.08. The van der Waals surface area contributed by atoms with E-state index in [2.05, 4.69) is 47.5 Å². The number of fused-ring (bicyclic) bond motifs is 1. The molecule has 2 fully saturated rings. The molecule has 1 heterocycles. The summed E-state index contributed by atoms with van der Waals surface area (Å²) in [6.07, 6.45) is 2.53. The Bertz CT molecular complexity index is 776. The molecule has 1 N–H and O–H groups in total. The van der Waals surface area contributed by atoms with Gasteiger partial charge in [-0.2, -0.15) is 0 Å². The SMILES string of the molecule is CC[C@H](C)[C@@H](C(=O)N[C@@H]1CC[C@H]2CN(Cc3ccccc3)C[C@H]21)N(C)C(=O)OC(C)(C)C. The molecule has 0 aromatic heterocycles. The summed E-state index contributed by atoms with van der Waals surface area (Å²) < 4.78 is 5.54. The van der Waals surface area contributed by atoms with Crippen LogP contribution in [0, 0.1) is 17.8 Å². The Balaban J connectivity index is 1.63. The van der Waals surface area contributed by atoms with Gasteiger partial charge in [0, 0.05) is 32.7 Å². The van der Waals surface area contributed by atoms with E-state index in [-0.39, 0.29) is 17.9 Å². The van der Waals surface area contributed by atoms with Crippen molar-refractivity contribution in [2.75, 3.05) is 20.1 Å². The molecular weight excluding hydrogens is 402 g/mol. The number of nitrogens with one attached hydrogen (secondary N) is 1. The van der Waals surface area contributed by atoms with E-state index in [9.17, 15) is 9.59 Å². The number of nitrogens with zero attached hydrogens (tertiary/aromatic N) is 2. The van der Waals surface area contributed by atoms with Crippen molar-refractivity contribution in [2.24, 2.45) is 17.8 Å². The molecule has 2 amide bonds. The minimum atomic E-state index is -0.591. The third-order valence-electron chi connectivity index (χ3n) is 7.06. The van der Waals surface area contributed by atoms with Crippen molar-refractivity contribution in [2.45, 2.75) is 78.1 Å². The van der Waals surface area contributed by atoms with E-state index in [1.54, 1.807) is 7.05 Å². The van der Waals surface area contributed by atoms with Gasteiger partial charge in [-0.15, -0.1) is 0 Å². The van der Waals surface area contributed by atoms with Gasteiger partial charge in [-0.25, -0.2) is 4.79 Å². The van der Waals surface area contributed by atoms with E-state index in [1.807, 2.05) is 27.7 Å². The lowest BCUT2D eigenvalue weighted by Gasteiger charge is -2.34. The lowest BCUT2D eigenvalue weighted by Crippen LogP contribution is -2.54. The Morgan fingerprint density at radius 3 is 2.50 bits per heavy atom. The van der Waals surface area contributed by atoms with Crippen LogP contribution in [-0.2, 0) is 16.1 Å². The lowest BCUT2D eigenvalue weighted by atomic mass is 9.95. The molecule has 3 rings (SSSR count). The highest BCUT2D eigenvalue weighted by molar-refractivity contribution is 5.86. The number of amides is 2. The highest BCUT2D eigenvalue weighted by Gasteiger charge is 2.44. The van der Waals surface area contributed by atoms with Crippen LogP contribution in [0.5, 0.6) is 0 Å². The van der Waals surface area contributed by atoms with Crippen LogP contribution in [0.1, 0.15) is 59.4 Å². The monoisotopic (exact) mass is 443 g/mol. The van der Waals surface area contributed by atoms with Crippen LogP contribution >= 0.6 is 0 Å². The molecule has 0 radical (unpaired) electrons. The van der Waals surface area contributed by atoms with Gasteiger partial charge in [0.25, 0.3) is 0 Å². The molecule has 1 saturated heterocycles. The fourth-order valence-electron chi connectivity index (χ4n) is 5.26. The van der Waals surface area contributed by atoms with Gasteiger partial charge in [0.1, 0.15) is 11.6 Å². The lowest BCUT2D eigenvalue weighted by molar-refractivity contribution is -0.128. The summed E-state index contributed by atoms with van der Waals surface area (Å²) in [6, 6.07) is 10.2.